The van der Waals surface area contributed by atoms with Crippen LogP contribution < -0.4 is 0 Å². The maximum absolute atomic E-state index is 7.11. The molecule has 1 N–H and O–H groups in total. The molecule has 9 heavy (non-hydrogen) atoms. The van der Waals surface area contributed by atoms with Crippen molar-refractivity contribution < 1.29 is 0 Å². The number of rotatable bonds is 3. The average molecular weight is 122 g/mol. The molecule has 0 aliphatic heterocycles. The number of allylic oxidation sites excluding steroid dienone is 2. The number of hydrogen-bond donors (Lipinski definition) is 1. The minimum atomic E-state index is 0.386. The van der Waals surface area contributed by atoms with E-state index in [1.165, 1.54) is 12.4 Å². The van der Waals surface area contributed by atoms with Gasteiger partial charge in [0.15, 0.2) is 0 Å². The Bertz CT molecular complexity index is 154. The van der Waals surface area contributed by atoms with Crippen molar-refractivity contribution in [3.05, 3.63) is 24.9 Å². The van der Waals surface area contributed by atoms with Crippen LogP contribution >= 0.6 is 0 Å². The summed E-state index contributed by atoms with van der Waals surface area (Å²) in [5.41, 5.74) is 0.386. The Hall–Kier alpha value is -1.18. The first kappa shape index (κ1) is 7.82. The Morgan fingerprint density at radius 1 is 1.67 bits per heavy atom. The van der Waals surface area contributed by atoms with E-state index in [4.69, 9.17) is 5.41 Å². The highest BCUT2D eigenvalue weighted by Crippen LogP contribution is 1.73. The molecule has 0 aromatic carbocycles. The Labute approximate surface area is 55.1 Å². The molecule has 0 radical (unpaired) electrons. The Morgan fingerprint density at radius 2 is 2.33 bits per heavy atom. The van der Waals surface area contributed by atoms with Crippen molar-refractivity contribution in [2.24, 2.45) is 4.99 Å². The smallest absolute Gasteiger partial charge is 0.0719 e. The van der Waals surface area contributed by atoms with E-state index in [1.807, 2.05) is 6.92 Å². The topological polar surface area (TPSA) is 36.2 Å². The Morgan fingerprint density at radius 3 is 2.78 bits per heavy atom. The second-order valence-electron chi connectivity index (χ2n) is 1.42. The van der Waals surface area contributed by atoms with E-state index >= 15 is 0 Å². The van der Waals surface area contributed by atoms with E-state index in [0.29, 0.717) is 5.71 Å². The highest BCUT2D eigenvalue weighted by atomic mass is 14.7. The molecule has 0 unspecified atom stereocenters. The summed E-state index contributed by atoms with van der Waals surface area (Å²) in [5.74, 6) is 0. The van der Waals surface area contributed by atoms with Gasteiger partial charge in [-0.25, -0.2) is 0 Å². The predicted molar refractivity (Wildman–Crippen MR) is 41.2 cm³/mol. The second kappa shape index (κ2) is 4.97. The summed E-state index contributed by atoms with van der Waals surface area (Å²) in [5, 5.41) is 7.11. The molecule has 2 nitrogen and oxygen atoms in total. The molecule has 2 heteroatoms. The maximum atomic E-state index is 7.11. The molecular weight excluding hydrogens is 112 g/mol. The van der Waals surface area contributed by atoms with Crippen LogP contribution in [0.4, 0.5) is 0 Å². The van der Waals surface area contributed by atoms with Crippen molar-refractivity contribution in [3.63, 3.8) is 0 Å². The van der Waals surface area contributed by atoms with Crippen molar-refractivity contribution in [2.75, 3.05) is 0 Å². The zero-order valence-electron chi connectivity index (χ0n) is 5.46. The van der Waals surface area contributed by atoms with Crippen molar-refractivity contribution >= 4 is 11.9 Å². The van der Waals surface area contributed by atoms with Crippen molar-refractivity contribution in [3.8, 4) is 0 Å². The van der Waals surface area contributed by atoms with Gasteiger partial charge in [-0.05, 0) is 13.0 Å². The lowest BCUT2D eigenvalue weighted by atomic mass is 10.4. The first-order valence-corrected chi connectivity index (χ1v) is 2.66. The summed E-state index contributed by atoms with van der Waals surface area (Å²) >= 11 is 0. The second-order valence-corrected chi connectivity index (χ2v) is 1.42. The van der Waals surface area contributed by atoms with Crippen molar-refractivity contribution in [1.29, 1.82) is 5.41 Å². The van der Waals surface area contributed by atoms with Crippen LogP contribution in [0.1, 0.15) is 6.92 Å². The third-order valence-corrected chi connectivity index (χ3v) is 0.665. The molecule has 0 spiro atoms. The van der Waals surface area contributed by atoms with Crippen LogP contribution in [0, 0.1) is 5.41 Å². The fraction of sp³-hybridized carbons (Fsp3) is 0.143. The van der Waals surface area contributed by atoms with Crippen LogP contribution in [0.15, 0.2) is 29.9 Å². The van der Waals surface area contributed by atoms with Gasteiger partial charge < -0.3 is 0 Å². The molecule has 0 bridgehead atoms. The summed E-state index contributed by atoms with van der Waals surface area (Å²) < 4.78 is 0. The summed E-state index contributed by atoms with van der Waals surface area (Å²) in [6, 6.07) is 0. The predicted octanol–water partition coefficient (Wildman–Crippen LogP) is 1.80. The molecule has 0 aliphatic rings. The summed E-state index contributed by atoms with van der Waals surface area (Å²) in [7, 11) is 0. The Balaban J connectivity index is 3.76. The lowest BCUT2D eigenvalue weighted by Crippen LogP contribution is -1.89. The fourth-order valence-electron chi connectivity index (χ4n) is 0.356. The highest BCUT2D eigenvalue weighted by molar-refractivity contribution is 6.34. The summed E-state index contributed by atoms with van der Waals surface area (Å²) in [6.45, 7) is 5.23. The fourth-order valence-corrected chi connectivity index (χ4v) is 0.356. The molecule has 48 valence electrons. The lowest BCUT2D eigenvalue weighted by Gasteiger charge is -1.80. The largest absolute Gasteiger partial charge is 0.299 e. The van der Waals surface area contributed by atoms with E-state index < -0.39 is 0 Å². The van der Waals surface area contributed by atoms with E-state index in [9.17, 15) is 0 Å². The molecule has 0 aromatic heterocycles. The molecule has 0 saturated carbocycles. The standard InChI is InChI=1S/C7H10N2/c1-3-5-7(8)6-9-4-2/h3-6,8H,2H2,1H3/b5-3-,8-7?,9-6?. The number of nitrogens with one attached hydrogen (secondary N) is 1. The average Bonchev–Trinajstić information content (AvgIpc) is 1.85. The maximum Gasteiger partial charge on any atom is 0.0719 e. The summed E-state index contributed by atoms with van der Waals surface area (Å²) in [6.07, 6.45) is 6.29. The van der Waals surface area contributed by atoms with E-state index in [2.05, 4.69) is 11.6 Å². The molecule has 0 fully saturated rings. The van der Waals surface area contributed by atoms with Crippen molar-refractivity contribution in [2.45, 2.75) is 6.92 Å². The SMILES string of the molecule is C=CN=CC(=N)/C=C\C. The van der Waals surface area contributed by atoms with Crippen LogP contribution in [-0.4, -0.2) is 11.9 Å². The molecular formula is C7H10N2. The van der Waals surface area contributed by atoms with Crippen LogP contribution in [-0.2, 0) is 0 Å². The van der Waals surface area contributed by atoms with Crippen LogP contribution in [0.25, 0.3) is 0 Å². The van der Waals surface area contributed by atoms with Crippen LogP contribution in [0.2, 0.25) is 0 Å². The molecule has 0 heterocycles. The number of hydrogen-bond acceptors (Lipinski definition) is 2. The zero-order valence-corrected chi connectivity index (χ0v) is 5.46. The van der Waals surface area contributed by atoms with Crippen LogP contribution in [0.3, 0.4) is 0 Å². The first-order chi connectivity index (χ1) is 4.31. The molecule has 0 aromatic rings. The first-order valence-electron chi connectivity index (χ1n) is 2.66. The molecule has 0 saturated heterocycles. The van der Waals surface area contributed by atoms with E-state index in [-0.39, 0.29) is 0 Å². The summed E-state index contributed by atoms with van der Waals surface area (Å²) in [4.78, 5) is 3.65. The van der Waals surface area contributed by atoms with Gasteiger partial charge in [-0.1, -0.05) is 12.7 Å². The van der Waals surface area contributed by atoms with Gasteiger partial charge in [-0.3, -0.25) is 10.4 Å². The van der Waals surface area contributed by atoms with Gasteiger partial charge in [0, 0.05) is 6.20 Å². The van der Waals surface area contributed by atoms with Crippen molar-refractivity contribution in [1.82, 2.24) is 0 Å². The Kier molecular flexibility index (Phi) is 4.32. The van der Waals surface area contributed by atoms with E-state index in [1.54, 1.807) is 12.2 Å². The van der Waals surface area contributed by atoms with Gasteiger partial charge in [0.2, 0.25) is 0 Å². The minimum Gasteiger partial charge on any atom is -0.299 e. The quantitative estimate of drug-likeness (QED) is 0.554. The van der Waals surface area contributed by atoms with Crippen LogP contribution in [0.5, 0.6) is 0 Å². The van der Waals surface area contributed by atoms with Gasteiger partial charge in [0.25, 0.3) is 0 Å². The number of nitrogens with zero attached hydrogens (tertiary/aromatic N) is 1. The van der Waals surface area contributed by atoms with Gasteiger partial charge in [0.05, 0.1) is 11.9 Å². The van der Waals surface area contributed by atoms with Gasteiger partial charge >= 0.3 is 0 Å². The number of aliphatic imine (C=N–C) groups is 1. The molecule has 0 atom stereocenters. The van der Waals surface area contributed by atoms with E-state index in [0.717, 1.165) is 0 Å². The third kappa shape index (κ3) is 4.68. The minimum absolute atomic E-state index is 0.386. The molecule has 0 amide bonds. The van der Waals surface area contributed by atoms with Gasteiger partial charge in [-0.15, -0.1) is 0 Å². The molecule has 0 aliphatic carbocycles. The zero-order chi connectivity index (χ0) is 7.11. The molecule has 0 rings (SSSR count). The monoisotopic (exact) mass is 122 g/mol. The van der Waals surface area contributed by atoms with Gasteiger partial charge in [-0.2, -0.15) is 0 Å². The van der Waals surface area contributed by atoms with Gasteiger partial charge in [0.1, 0.15) is 0 Å². The lowest BCUT2D eigenvalue weighted by molar-refractivity contribution is 1.54. The highest BCUT2D eigenvalue weighted by Gasteiger charge is 1.77. The normalized spacial score (nSPS) is 10.8. The third-order valence-electron chi connectivity index (χ3n) is 0.665.